The van der Waals surface area contributed by atoms with Gasteiger partial charge in [0, 0.05) is 56.0 Å². The number of Topliss-reactive ketones (excluding diaryl/α,β-unsaturated/α-hetero) is 1. The van der Waals surface area contributed by atoms with Crippen LogP contribution in [0.5, 0.6) is 0 Å². The molecule has 0 radical (unpaired) electrons. The van der Waals surface area contributed by atoms with Crippen LogP contribution < -0.4 is 16.4 Å². The molecule has 0 aliphatic carbocycles. The smallest absolute Gasteiger partial charge is 0.412 e. The van der Waals surface area contributed by atoms with Crippen LogP contribution in [-0.4, -0.2) is 160 Å². The van der Waals surface area contributed by atoms with Crippen LogP contribution in [0.2, 0.25) is 0 Å². The number of amides is 2. The van der Waals surface area contributed by atoms with Gasteiger partial charge in [0.1, 0.15) is 29.4 Å². The number of unbranched alkanes of at least 4 members (excludes halogenated alkanes) is 1. The van der Waals surface area contributed by atoms with Gasteiger partial charge in [-0.25, -0.2) is 9.59 Å². The van der Waals surface area contributed by atoms with Crippen molar-refractivity contribution in [2.45, 2.75) is 174 Å². The number of aliphatic hydroxyl groups is 1. The van der Waals surface area contributed by atoms with Crippen molar-refractivity contribution in [3.63, 3.8) is 0 Å². The van der Waals surface area contributed by atoms with Gasteiger partial charge in [-0.2, -0.15) is 0 Å². The molecule has 5 N–H and O–H groups in total. The van der Waals surface area contributed by atoms with Crippen LogP contribution in [0.15, 0.2) is 30.5 Å². The number of nitrogens with zero attached hydrogens (tertiary/aromatic N) is 5. The van der Waals surface area contributed by atoms with Crippen LogP contribution in [0.4, 0.5) is 15.3 Å². The number of aryl methyl sites for hydroxylation is 1. The monoisotopic (exact) mass is 943 g/mol. The molecule has 19 heteroatoms. The van der Waals surface area contributed by atoms with Gasteiger partial charge in [-0.05, 0) is 119 Å². The Labute approximate surface area is 396 Å². The lowest BCUT2D eigenvalue weighted by Gasteiger charge is -2.47. The zero-order chi connectivity index (χ0) is 49.6. The molecule has 0 bridgehead atoms. The summed E-state index contributed by atoms with van der Waals surface area (Å²) in [5.74, 6) is -3.36. The lowest BCUT2D eigenvalue weighted by atomic mass is 9.78. The average Bonchev–Trinajstić information content (AvgIpc) is 3.85. The van der Waals surface area contributed by atoms with Crippen LogP contribution in [0, 0.1) is 17.8 Å². The number of carbonyl (C=O) groups excluding carboxylic acids is 4. The van der Waals surface area contributed by atoms with Crippen LogP contribution in [0.25, 0.3) is 11.3 Å². The highest BCUT2D eigenvalue weighted by atomic mass is 16.7. The molecule has 4 heterocycles. The highest BCUT2D eigenvalue weighted by molar-refractivity contribution is 6.00. The van der Waals surface area contributed by atoms with Crippen LogP contribution >= 0.6 is 0 Å². The summed E-state index contributed by atoms with van der Waals surface area (Å²) in [5, 5.41) is 26.7. The van der Waals surface area contributed by atoms with E-state index in [1.165, 1.54) is 6.92 Å². The van der Waals surface area contributed by atoms with Crippen LogP contribution in [0.1, 0.15) is 101 Å². The van der Waals surface area contributed by atoms with Crippen molar-refractivity contribution in [1.29, 1.82) is 0 Å². The summed E-state index contributed by atoms with van der Waals surface area (Å²) in [6.45, 7) is 19.8. The summed E-state index contributed by atoms with van der Waals surface area (Å²) in [4.78, 5) is 58.5. The molecule has 2 aromatic rings. The molecule has 3 aliphatic heterocycles. The van der Waals surface area contributed by atoms with Crippen molar-refractivity contribution in [3.05, 3.63) is 30.5 Å². The zero-order valence-corrected chi connectivity index (χ0v) is 41.9. The molecule has 13 atom stereocenters. The molecular formula is C48H78N8O11. The first-order valence-electron chi connectivity index (χ1n) is 23.8. The maximum Gasteiger partial charge on any atom is 0.412 e. The number of cyclic esters (lactones) is 1. The van der Waals surface area contributed by atoms with Crippen molar-refractivity contribution in [2.24, 2.45) is 23.5 Å². The second kappa shape index (κ2) is 22.5. The van der Waals surface area contributed by atoms with Crippen molar-refractivity contribution in [2.75, 3.05) is 46.2 Å². The number of carbonyl (C=O) groups is 4. The van der Waals surface area contributed by atoms with E-state index in [2.05, 4.69) is 27.9 Å². The van der Waals surface area contributed by atoms with Gasteiger partial charge in [-0.15, -0.1) is 5.10 Å². The first-order valence-corrected chi connectivity index (χ1v) is 23.8. The van der Waals surface area contributed by atoms with E-state index >= 15 is 0 Å². The average molecular weight is 943 g/mol. The van der Waals surface area contributed by atoms with Gasteiger partial charge in [0.15, 0.2) is 17.7 Å². The van der Waals surface area contributed by atoms with Gasteiger partial charge in [0.05, 0.1) is 30.0 Å². The molecule has 19 nitrogen and oxygen atoms in total. The number of methoxy groups -OCH3 is 1. The highest BCUT2D eigenvalue weighted by Crippen LogP contribution is 2.40. The predicted molar refractivity (Wildman–Crippen MR) is 251 cm³/mol. The third kappa shape index (κ3) is 12.9. The Morgan fingerprint density at radius 3 is 2.45 bits per heavy atom. The minimum absolute atomic E-state index is 0.0549. The molecule has 1 aromatic heterocycles. The van der Waals surface area contributed by atoms with E-state index in [4.69, 9.17) is 34.2 Å². The molecule has 1 aromatic carbocycles. The second-order valence-corrected chi connectivity index (χ2v) is 20.4. The molecule has 0 spiro atoms. The van der Waals surface area contributed by atoms with Crippen molar-refractivity contribution >= 4 is 29.6 Å². The van der Waals surface area contributed by atoms with Crippen molar-refractivity contribution in [3.8, 4) is 11.3 Å². The Kier molecular flexibility index (Phi) is 18.0. The fourth-order valence-corrected chi connectivity index (χ4v) is 9.97. The number of rotatable bonds is 13. The van der Waals surface area contributed by atoms with Crippen LogP contribution in [-0.2, 0) is 44.6 Å². The number of ether oxygens (including phenoxy) is 6. The molecule has 3 saturated heterocycles. The van der Waals surface area contributed by atoms with E-state index in [9.17, 15) is 24.3 Å². The van der Waals surface area contributed by atoms with Crippen molar-refractivity contribution in [1.82, 2.24) is 30.1 Å². The number of aliphatic hydroxyl groups excluding tert-OH is 1. The molecule has 3 fully saturated rings. The highest BCUT2D eigenvalue weighted by Gasteiger charge is 2.59. The summed E-state index contributed by atoms with van der Waals surface area (Å²) in [7, 11) is 5.31. The summed E-state index contributed by atoms with van der Waals surface area (Å²) in [5.41, 5.74) is 5.03. The number of nitrogens with two attached hydrogens (primary N) is 1. The summed E-state index contributed by atoms with van der Waals surface area (Å²) >= 11 is 0. The molecule has 67 heavy (non-hydrogen) atoms. The minimum atomic E-state index is -1.27. The largest absolute Gasteiger partial charge is 0.458 e. The van der Waals surface area contributed by atoms with Crippen molar-refractivity contribution < 1.29 is 52.7 Å². The Bertz CT molecular complexity index is 2000. The lowest BCUT2D eigenvalue weighted by Crippen LogP contribution is -2.61. The topological polar surface area (TPSA) is 231 Å². The summed E-state index contributed by atoms with van der Waals surface area (Å²) in [6, 6.07) is 6.06. The van der Waals surface area contributed by atoms with E-state index in [0.29, 0.717) is 63.1 Å². The van der Waals surface area contributed by atoms with E-state index in [1.807, 2.05) is 58.1 Å². The molecule has 5 rings (SSSR count). The third-order valence-electron chi connectivity index (χ3n) is 13.6. The van der Waals surface area contributed by atoms with Gasteiger partial charge in [-0.1, -0.05) is 38.1 Å². The Morgan fingerprint density at radius 2 is 1.81 bits per heavy atom. The Morgan fingerprint density at radius 1 is 1.10 bits per heavy atom. The lowest BCUT2D eigenvalue weighted by molar-refractivity contribution is -0.296. The van der Waals surface area contributed by atoms with Crippen LogP contribution in [0.3, 0.4) is 0 Å². The number of benzene rings is 1. The van der Waals surface area contributed by atoms with E-state index in [-0.39, 0.29) is 24.5 Å². The summed E-state index contributed by atoms with van der Waals surface area (Å²) < 4.78 is 38.7. The SMILES string of the molecule is CC[C@H]1OC(=O)[C@H](C)C(=O)[C@H](C)[C@@H](O[C@@H]2O[C@H](CN)CC(N(C)C)[C@H]2O)[C@](C)(OC)C[C@@H](C)CN[C@H](C)[C@H]2N(CCCCn3cc(-c4cccc(NC(=O)OC(C)(C)C)c4)nn3)C(=O)O[C@]12C. The number of likely N-dealkylation sites (N-methyl/N-ethyl adjacent to an activating group) is 1. The summed E-state index contributed by atoms with van der Waals surface area (Å²) in [6.07, 6.45) is -1.16. The van der Waals surface area contributed by atoms with Gasteiger partial charge >= 0.3 is 18.2 Å². The van der Waals surface area contributed by atoms with Gasteiger partial charge in [0.2, 0.25) is 0 Å². The molecular weight excluding hydrogens is 865 g/mol. The predicted octanol–water partition coefficient (Wildman–Crippen LogP) is 4.99. The van der Waals surface area contributed by atoms with E-state index < -0.39 is 89.3 Å². The number of fused-ring (bicyclic) bond motifs is 1. The molecule has 3 aliphatic rings. The van der Waals surface area contributed by atoms with E-state index in [0.717, 1.165) is 5.56 Å². The number of hydrogen-bond acceptors (Lipinski definition) is 16. The zero-order valence-electron chi connectivity index (χ0n) is 41.9. The van der Waals surface area contributed by atoms with Gasteiger partial charge < -0.3 is 49.5 Å². The molecule has 0 saturated carbocycles. The third-order valence-corrected chi connectivity index (χ3v) is 13.6. The normalized spacial score (nSPS) is 33.6. The Hall–Kier alpha value is -4.24. The Balaban J connectivity index is 1.33. The maximum atomic E-state index is 14.5. The van der Waals surface area contributed by atoms with Gasteiger partial charge in [0.25, 0.3) is 0 Å². The number of hydrogen-bond donors (Lipinski definition) is 4. The first kappa shape index (κ1) is 53.7. The van der Waals surface area contributed by atoms with Gasteiger partial charge in [-0.3, -0.25) is 24.5 Å². The first-order chi connectivity index (χ1) is 31.4. The molecule has 1 unspecified atom stereocenters. The number of aromatic nitrogens is 3. The fourth-order valence-electron chi connectivity index (χ4n) is 9.97. The van der Waals surface area contributed by atoms with E-state index in [1.54, 1.807) is 63.4 Å². The molecule has 2 amide bonds. The number of anilines is 1. The molecule has 376 valence electrons. The number of ketones is 1. The maximum absolute atomic E-state index is 14.5. The number of esters is 1. The standard InChI is InChI=1S/C48H78N8O11/c1-14-37-48(10)40(56(45(61)67-48)21-16-15-20-55-27-35(52-53-55)32-18-17-19-33(22-32)51-44(60)66-46(6,7)8)31(5)50-26-28(2)24-47(9,62-13)41(29(3)38(57)30(4)42(59)64-37)65-43-39(58)36(54(11)12)23-34(25-49)63-43/h17-19,22,27-31,34,36-37,39-41,43,50,58H,14-16,20-21,23-26,49H2,1-13H3,(H,51,60)/t28-,29+,30-,31-,34+,36?,37-,39-,40-,41-,43+,47-,48-/m1/s1. The fraction of sp³-hybridized carbons (Fsp3) is 0.750. The second-order valence-electron chi connectivity index (χ2n) is 20.4. The number of nitrogens with one attached hydrogen (secondary N) is 2. The quantitative estimate of drug-likeness (QED) is 0.0897. The minimum Gasteiger partial charge on any atom is -0.458 e.